The molecule has 4 nitrogen and oxygen atoms in total. The van der Waals surface area contributed by atoms with Gasteiger partial charge in [0.1, 0.15) is 6.07 Å². The summed E-state index contributed by atoms with van der Waals surface area (Å²) in [5, 5.41) is 18.7. The zero-order valence-corrected chi connectivity index (χ0v) is 16.5. The van der Waals surface area contributed by atoms with Crippen molar-refractivity contribution in [1.82, 2.24) is 4.57 Å². The van der Waals surface area contributed by atoms with E-state index in [-0.39, 0.29) is 5.56 Å². The van der Waals surface area contributed by atoms with Crippen LogP contribution in [0.25, 0.3) is 11.1 Å². The standard InChI is InChI=1S/C23H19F3N4/c1-14-20(12-29)22(18-7-8-19(11-28)21(9-18)23(24,25)26)15(2)30(14)13-17-5-3-16(10-27)4-6-17/h3-9H,10,13,27H2,1-2H3. The average molecular weight is 408 g/mol. The molecule has 0 amide bonds. The van der Waals surface area contributed by atoms with Crippen LogP contribution in [-0.2, 0) is 19.3 Å². The highest BCUT2D eigenvalue weighted by atomic mass is 19.4. The summed E-state index contributed by atoms with van der Waals surface area (Å²) in [5.74, 6) is 0. The van der Waals surface area contributed by atoms with E-state index in [1.807, 2.05) is 28.8 Å². The minimum absolute atomic E-state index is 0.260. The lowest BCUT2D eigenvalue weighted by Crippen LogP contribution is -2.08. The van der Waals surface area contributed by atoms with E-state index in [9.17, 15) is 18.4 Å². The third-order valence-electron chi connectivity index (χ3n) is 5.23. The molecule has 1 heterocycles. The number of hydrogen-bond donors (Lipinski definition) is 1. The molecule has 2 N–H and O–H groups in total. The molecule has 3 aromatic rings. The number of hydrogen-bond acceptors (Lipinski definition) is 3. The lowest BCUT2D eigenvalue weighted by atomic mass is 9.96. The van der Waals surface area contributed by atoms with Gasteiger partial charge in [-0.15, -0.1) is 0 Å². The molecule has 2 aromatic carbocycles. The lowest BCUT2D eigenvalue weighted by Gasteiger charge is -2.12. The van der Waals surface area contributed by atoms with Crippen molar-refractivity contribution >= 4 is 0 Å². The first kappa shape index (κ1) is 21.2. The van der Waals surface area contributed by atoms with E-state index in [1.54, 1.807) is 19.9 Å². The molecule has 0 unspecified atom stereocenters. The number of nitrogens with zero attached hydrogens (tertiary/aromatic N) is 3. The molecular weight excluding hydrogens is 389 g/mol. The Kier molecular flexibility index (Phi) is 5.69. The number of halogens is 3. The average Bonchev–Trinajstić information content (AvgIpc) is 2.97. The Morgan fingerprint density at radius 3 is 2.10 bits per heavy atom. The third kappa shape index (κ3) is 3.80. The molecule has 7 heteroatoms. The smallest absolute Gasteiger partial charge is 0.343 e. The van der Waals surface area contributed by atoms with Crippen molar-refractivity contribution in [2.45, 2.75) is 33.1 Å². The quantitative estimate of drug-likeness (QED) is 0.657. The van der Waals surface area contributed by atoms with Crippen molar-refractivity contribution in [3.05, 3.63) is 81.7 Å². The first-order chi connectivity index (χ1) is 14.2. The van der Waals surface area contributed by atoms with E-state index >= 15 is 0 Å². The summed E-state index contributed by atoms with van der Waals surface area (Å²) < 4.78 is 42.2. The van der Waals surface area contributed by atoms with Gasteiger partial charge in [0.15, 0.2) is 0 Å². The number of nitriles is 2. The Morgan fingerprint density at radius 1 is 0.933 bits per heavy atom. The van der Waals surface area contributed by atoms with Gasteiger partial charge in [0.25, 0.3) is 0 Å². The molecule has 0 aliphatic heterocycles. The van der Waals surface area contributed by atoms with E-state index in [4.69, 9.17) is 11.0 Å². The van der Waals surface area contributed by atoms with Crippen molar-refractivity contribution in [2.24, 2.45) is 5.73 Å². The van der Waals surface area contributed by atoms with Gasteiger partial charge >= 0.3 is 6.18 Å². The van der Waals surface area contributed by atoms with Gasteiger partial charge < -0.3 is 10.3 Å². The molecule has 0 bridgehead atoms. The van der Waals surface area contributed by atoms with Gasteiger partial charge in [0.2, 0.25) is 0 Å². The Morgan fingerprint density at radius 2 is 1.57 bits per heavy atom. The molecule has 1 aromatic heterocycles. The van der Waals surface area contributed by atoms with Crippen LogP contribution in [0.5, 0.6) is 0 Å². The Bertz CT molecular complexity index is 1170. The molecule has 152 valence electrons. The van der Waals surface area contributed by atoms with Crippen LogP contribution in [0.2, 0.25) is 0 Å². The highest BCUT2D eigenvalue weighted by Gasteiger charge is 2.34. The number of benzene rings is 2. The summed E-state index contributed by atoms with van der Waals surface area (Å²) in [5.41, 5.74) is 8.55. The molecule has 0 aliphatic carbocycles. The third-order valence-corrected chi connectivity index (χ3v) is 5.23. The summed E-state index contributed by atoms with van der Waals surface area (Å²) in [6.07, 6.45) is -4.66. The van der Waals surface area contributed by atoms with Crippen molar-refractivity contribution in [3.8, 4) is 23.3 Å². The van der Waals surface area contributed by atoms with Crippen molar-refractivity contribution in [2.75, 3.05) is 0 Å². The number of nitrogens with two attached hydrogens (primary N) is 1. The first-order valence-electron chi connectivity index (χ1n) is 9.20. The van der Waals surface area contributed by atoms with Gasteiger partial charge in [-0.05, 0) is 42.7 Å². The lowest BCUT2D eigenvalue weighted by molar-refractivity contribution is -0.137. The molecular formula is C23H19F3N4. The molecule has 0 aliphatic rings. The van der Waals surface area contributed by atoms with Crippen LogP contribution in [-0.4, -0.2) is 4.57 Å². The second kappa shape index (κ2) is 8.06. The van der Waals surface area contributed by atoms with Gasteiger partial charge in [-0.3, -0.25) is 0 Å². The maximum absolute atomic E-state index is 13.4. The summed E-state index contributed by atoms with van der Waals surface area (Å²) in [6.45, 7) is 4.46. The maximum atomic E-state index is 13.4. The molecule has 0 saturated carbocycles. The van der Waals surface area contributed by atoms with Gasteiger partial charge in [-0.1, -0.05) is 30.3 Å². The summed E-state index contributed by atoms with van der Waals surface area (Å²) >= 11 is 0. The normalized spacial score (nSPS) is 11.2. The Labute approximate surface area is 172 Å². The van der Waals surface area contributed by atoms with Crippen molar-refractivity contribution in [3.63, 3.8) is 0 Å². The molecule has 0 fully saturated rings. The fraction of sp³-hybridized carbons (Fsp3) is 0.217. The second-order valence-corrected chi connectivity index (χ2v) is 7.01. The Balaban J connectivity index is 2.14. The first-order valence-corrected chi connectivity index (χ1v) is 9.20. The van der Waals surface area contributed by atoms with Crippen LogP contribution in [0.4, 0.5) is 13.2 Å². The highest BCUT2D eigenvalue weighted by molar-refractivity contribution is 5.76. The van der Waals surface area contributed by atoms with E-state index < -0.39 is 17.3 Å². The van der Waals surface area contributed by atoms with Gasteiger partial charge in [0, 0.05) is 30.0 Å². The largest absolute Gasteiger partial charge is 0.417 e. The van der Waals surface area contributed by atoms with Crippen LogP contribution in [0.1, 0.15) is 39.2 Å². The van der Waals surface area contributed by atoms with E-state index in [2.05, 4.69) is 6.07 Å². The van der Waals surface area contributed by atoms with E-state index in [0.29, 0.717) is 35.6 Å². The number of aromatic nitrogens is 1. The summed E-state index contributed by atoms with van der Waals surface area (Å²) in [6, 6.07) is 15.0. The zero-order valence-electron chi connectivity index (χ0n) is 16.5. The van der Waals surface area contributed by atoms with Gasteiger partial charge in [-0.25, -0.2) is 0 Å². The summed E-state index contributed by atoms with van der Waals surface area (Å²) in [7, 11) is 0. The van der Waals surface area contributed by atoms with Gasteiger partial charge in [0.05, 0.1) is 22.8 Å². The molecule has 0 saturated heterocycles. The second-order valence-electron chi connectivity index (χ2n) is 7.01. The summed E-state index contributed by atoms with van der Waals surface area (Å²) in [4.78, 5) is 0. The maximum Gasteiger partial charge on any atom is 0.417 e. The van der Waals surface area contributed by atoms with Crippen LogP contribution in [0.3, 0.4) is 0 Å². The topological polar surface area (TPSA) is 78.5 Å². The SMILES string of the molecule is Cc1c(C#N)c(-c2ccc(C#N)c(C(F)(F)F)c2)c(C)n1Cc1ccc(CN)cc1. The van der Waals surface area contributed by atoms with Crippen LogP contribution < -0.4 is 5.73 Å². The molecule has 3 rings (SSSR count). The minimum atomic E-state index is -4.66. The van der Waals surface area contributed by atoms with Crippen LogP contribution in [0, 0.1) is 36.5 Å². The van der Waals surface area contributed by atoms with E-state index in [0.717, 1.165) is 23.3 Å². The van der Waals surface area contributed by atoms with E-state index in [1.165, 1.54) is 6.07 Å². The molecule has 0 spiro atoms. The Hall–Kier alpha value is -3.55. The van der Waals surface area contributed by atoms with Crippen molar-refractivity contribution < 1.29 is 13.2 Å². The van der Waals surface area contributed by atoms with Gasteiger partial charge in [-0.2, -0.15) is 23.7 Å². The molecule has 30 heavy (non-hydrogen) atoms. The van der Waals surface area contributed by atoms with Crippen molar-refractivity contribution in [1.29, 1.82) is 10.5 Å². The number of alkyl halides is 3. The van der Waals surface area contributed by atoms with Crippen LogP contribution >= 0.6 is 0 Å². The highest BCUT2D eigenvalue weighted by Crippen LogP contribution is 2.38. The predicted molar refractivity (Wildman–Crippen MR) is 107 cm³/mol. The molecule has 0 radical (unpaired) electrons. The predicted octanol–water partition coefficient (Wildman–Crippen LogP) is 5.04. The fourth-order valence-electron chi connectivity index (χ4n) is 3.61. The zero-order chi connectivity index (χ0) is 22.1. The minimum Gasteiger partial charge on any atom is -0.343 e. The monoisotopic (exact) mass is 408 g/mol. The molecule has 0 atom stereocenters. The fourth-order valence-corrected chi connectivity index (χ4v) is 3.61. The van der Waals surface area contributed by atoms with Crippen LogP contribution in [0.15, 0.2) is 42.5 Å². The number of rotatable bonds is 4.